The largest absolute Gasteiger partial charge is 0.305 e. The Morgan fingerprint density at radius 3 is 3.00 bits per heavy atom. The number of Topliss-reactive ketones (excluding diaryl/α,β-unsaturated/α-hetero) is 1. The minimum atomic E-state index is -0.340. The zero-order chi connectivity index (χ0) is 10.2. The van der Waals surface area contributed by atoms with Crippen LogP contribution in [0.15, 0.2) is 15.9 Å². The Morgan fingerprint density at radius 2 is 2.50 bits per heavy atom. The average molecular weight is 274 g/mol. The second kappa shape index (κ2) is 3.76. The topological polar surface area (TPSA) is 29.1 Å². The fourth-order valence-electron chi connectivity index (χ4n) is 1.79. The monoisotopic (exact) mass is 273 g/mol. The van der Waals surface area contributed by atoms with Crippen LogP contribution in [-0.2, 0) is 0 Å². The molecule has 1 aromatic rings. The van der Waals surface area contributed by atoms with Gasteiger partial charge in [0, 0.05) is 4.47 Å². The number of rotatable bonds is 2. The Hall–Kier alpha value is -0.190. The first-order valence-electron chi connectivity index (χ1n) is 4.66. The summed E-state index contributed by atoms with van der Waals surface area (Å²) in [7, 11) is 0. The summed E-state index contributed by atoms with van der Waals surface area (Å²) in [5.74, 6) is 0.219. The molecular weight excluding hydrogens is 262 g/mol. The zero-order valence-corrected chi connectivity index (χ0v) is 10.4. The van der Waals surface area contributed by atoms with Crippen molar-refractivity contribution >= 4 is 33.0 Å². The van der Waals surface area contributed by atoms with Gasteiger partial charge in [-0.2, -0.15) is 0 Å². The first-order valence-corrected chi connectivity index (χ1v) is 6.33. The van der Waals surface area contributed by atoms with E-state index in [0.717, 1.165) is 28.7 Å². The minimum Gasteiger partial charge on any atom is -0.305 e. The molecule has 2 nitrogen and oxygen atoms in total. The van der Waals surface area contributed by atoms with Gasteiger partial charge in [0.2, 0.25) is 0 Å². The second-order valence-electron chi connectivity index (χ2n) is 3.79. The van der Waals surface area contributed by atoms with Gasteiger partial charge in [0.15, 0.2) is 5.78 Å². The molecule has 1 aliphatic heterocycles. The van der Waals surface area contributed by atoms with Gasteiger partial charge in [-0.3, -0.25) is 4.79 Å². The van der Waals surface area contributed by atoms with E-state index < -0.39 is 0 Å². The van der Waals surface area contributed by atoms with Crippen molar-refractivity contribution in [3.05, 3.63) is 20.8 Å². The Kier molecular flexibility index (Phi) is 2.77. The van der Waals surface area contributed by atoms with Gasteiger partial charge >= 0.3 is 0 Å². The first kappa shape index (κ1) is 10.3. The molecule has 1 atom stereocenters. The van der Waals surface area contributed by atoms with Gasteiger partial charge in [-0.1, -0.05) is 0 Å². The molecule has 2 heterocycles. The number of thiophene rings is 1. The van der Waals surface area contributed by atoms with Crippen LogP contribution in [0.5, 0.6) is 0 Å². The van der Waals surface area contributed by atoms with Crippen LogP contribution in [0, 0.1) is 0 Å². The number of ketones is 1. The van der Waals surface area contributed by atoms with E-state index in [1.807, 2.05) is 18.4 Å². The number of carbonyl (C=O) groups is 1. The molecule has 0 aromatic carbocycles. The van der Waals surface area contributed by atoms with E-state index >= 15 is 0 Å². The molecule has 1 unspecified atom stereocenters. The summed E-state index contributed by atoms with van der Waals surface area (Å²) in [6.45, 7) is 2.94. The lowest BCUT2D eigenvalue weighted by Crippen LogP contribution is -2.44. The summed E-state index contributed by atoms with van der Waals surface area (Å²) in [5, 5.41) is 5.22. The normalized spacial score (nSPS) is 26.7. The molecule has 1 saturated heterocycles. The Bertz CT molecular complexity index is 355. The molecule has 1 fully saturated rings. The number of hydrogen-bond acceptors (Lipinski definition) is 3. The third-order valence-corrected chi connectivity index (χ3v) is 4.53. The Balaban J connectivity index is 2.28. The lowest BCUT2D eigenvalue weighted by molar-refractivity contribution is 0.0888. The highest BCUT2D eigenvalue weighted by Gasteiger charge is 2.37. The van der Waals surface area contributed by atoms with Gasteiger partial charge in [0.05, 0.1) is 10.4 Å². The molecule has 0 radical (unpaired) electrons. The maximum atomic E-state index is 12.2. The molecule has 2 rings (SSSR count). The molecule has 1 aromatic heterocycles. The smallest absolute Gasteiger partial charge is 0.193 e. The van der Waals surface area contributed by atoms with Crippen molar-refractivity contribution < 1.29 is 4.79 Å². The lowest BCUT2D eigenvalue weighted by atomic mass is 9.94. The molecule has 4 heteroatoms. The predicted octanol–water partition coefficient (Wildman–Crippen LogP) is 2.84. The molecular formula is C10H12BrNOS. The second-order valence-corrected chi connectivity index (χ2v) is 5.56. The fraction of sp³-hybridized carbons (Fsp3) is 0.500. The third-order valence-electron chi connectivity index (χ3n) is 2.69. The van der Waals surface area contributed by atoms with Crippen molar-refractivity contribution in [1.82, 2.24) is 5.32 Å². The Morgan fingerprint density at radius 1 is 1.71 bits per heavy atom. The maximum Gasteiger partial charge on any atom is 0.193 e. The van der Waals surface area contributed by atoms with Crippen molar-refractivity contribution in [3.63, 3.8) is 0 Å². The summed E-state index contributed by atoms with van der Waals surface area (Å²) >= 11 is 4.91. The van der Waals surface area contributed by atoms with E-state index in [0.29, 0.717) is 0 Å². The summed E-state index contributed by atoms with van der Waals surface area (Å²) in [4.78, 5) is 13.0. The van der Waals surface area contributed by atoms with Crippen molar-refractivity contribution in [3.8, 4) is 0 Å². The molecule has 76 valence electrons. The SMILES string of the molecule is CC1(C(=O)c2sccc2Br)CCCN1. The van der Waals surface area contributed by atoms with Gasteiger partial charge in [-0.25, -0.2) is 0 Å². The van der Waals surface area contributed by atoms with Gasteiger partial charge in [0.1, 0.15) is 0 Å². The zero-order valence-electron chi connectivity index (χ0n) is 7.97. The molecule has 0 spiro atoms. The van der Waals surface area contributed by atoms with Gasteiger partial charge in [-0.15, -0.1) is 11.3 Å². The molecule has 0 bridgehead atoms. The summed E-state index contributed by atoms with van der Waals surface area (Å²) in [6, 6.07) is 1.93. The maximum absolute atomic E-state index is 12.2. The highest BCUT2D eigenvalue weighted by Crippen LogP contribution is 2.30. The molecule has 0 aliphatic carbocycles. The van der Waals surface area contributed by atoms with E-state index in [4.69, 9.17) is 0 Å². The average Bonchev–Trinajstić information content (AvgIpc) is 2.74. The van der Waals surface area contributed by atoms with Crippen LogP contribution in [0.2, 0.25) is 0 Å². The van der Waals surface area contributed by atoms with Crippen LogP contribution in [0.25, 0.3) is 0 Å². The number of carbonyl (C=O) groups excluding carboxylic acids is 1. The van der Waals surface area contributed by atoms with Crippen LogP contribution in [-0.4, -0.2) is 17.9 Å². The van der Waals surface area contributed by atoms with Crippen LogP contribution in [0.1, 0.15) is 29.4 Å². The third kappa shape index (κ3) is 1.66. The van der Waals surface area contributed by atoms with E-state index in [1.54, 1.807) is 0 Å². The molecule has 0 saturated carbocycles. The van der Waals surface area contributed by atoms with E-state index in [9.17, 15) is 4.79 Å². The van der Waals surface area contributed by atoms with Crippen LogP contribution in [0.4, 0.5) is 0 Å². The lowest BCUT2D eigenvalue weighted by Gasteiger charge is -2.21. The standard InChI is InChI=1S/C10H12BrNOS/c1-10(4-2-5-12-10)9(13)8-7(11)3-6-14-8/h3,6,12H,2,4-5H2,1H3. The first-order chi connectivity index (χ1) is 6.63. The van der Waals surface area contributed by atoms with Gasteiger partial charge < -0.3 is 5.32 Å². The van der Waals surface area contributed by atoms with Gasteiger partial charge in [-0.05, 0) is 53.7 Å². The summed E-state index contributed by atoms with van der Waals surface area (Å²) < 4.78 is 0.919. The molecule has 1 aliphatic rings. The van der Waals surface area contributed by atoms with Crippen molar-refractivity contribution in [2.24, 2.45) is 0 Å². The summed E-state index contributed by atoms with van der Waals surface area (Å²) in [6.07, 6.45) is 2.03. The van der Waals surface area contributed by atoms with Crippen LogP contribution in [0.3, 0.4) is 0 Å². The van der Waals surface area contributed by atoms with E-state index in [-0.39, 0.29) is 11.3 Å². The minimum absolute atomic E-state index is 0.219. The number of nitrogens with one attached hydrogen (secondary N) is 1. The molecule has 0 amide bonds. The van der Waals surface area contributed by atoms with Crippen LogP contribution >= 0.6 is 27.3 Å². The van der Waals surface area contributed by atoms with Gasteiger partial charge in [0.25, 0.3) is 0 Å². The number of halogens is 1. The van der Waals surface area contributed by atoms with Crippen LogP contribution < -0.4 is 5.32 Å². The molecule has 14 heavy (non-hydrogen) atoms. The fourth-order valence-corrected chi connectivity index (χ4v) is 3.42. The van der Waals surface area contributed by atoms with Crippen molar-refractivity contribution in [2.45, 2.75) is 25.3 Å². The van der Waals surface area contributed by atoms with E-state index in [2.05, 4.69) is 21.2 Å². The van der Waals surface area contributed by atoms with Crippen molar-refractivity contribution in [1.29, 1.82) is 0 Å². The van der Waals surface area contributed by atoms with E-state index in [1.165, 1.54) is 11.3 Å². The Labute approximate surface area is 95.8 Å². The highest BCUT2D eigenvalue weighted by atomic mass is 79.9. The molecule has 1 N–H and O–H groups in total. The quantitative estimate of drug-likeness (QED) is 0.840. The highest BCUT2D eigenvalue weighted by molar-refractivity contribution is 9.10. The summed E-state index contributed by atoms with van der Waals surface area (Å²) in [5.41, 5.74) is -0.340. The predicted molar refractivity (Wildman–Crippen MR) is 62.0 cm³/mol. The number of hydrogen-bond donors (Lipinski definition) is 1. The van der Waals surface area contributed by atoms with Crippen molar-refractivity contribution in [2.75, 3.05) is 6.54 Å².